The van der Waals surface area contributed by atoms with Gasteiger partial charge in [-0.05, 0) is 56.4 Å². The number of carbonyl (C=O) groups is 2. The van der Waals surface area contributed by atoms with Crippen LogP contribution in [0.1, 0.15) is 57.3 Å². The molecule has 1 aromatic heterocycles. The Hall–Kier alpha value is -1.56. The zero-order valence-corrected chi connectivity index (χ0v) is 16.7. The number of rotatable bonds is 4. The van der Waals surface area contributed by atoms with Gasteiger partial charge in [0.15, 0.2) is 0 Å². The highest BCUT2D eigenvalue weighted by atomic mass is 35.5. The van der Waals surface area contributed by atoms with Crippen molar-refractivity contribution in [3.05, 3.63) is 49.8 Å². The molecule has 0 saturated carbocycles. The Bertz CT molecular complexity index is 848. The van der Waals surface area contributed by atoms with Crippen molar-refractivity contribution in [3.63, 3.8) is 0 Å². The van der Waals surface area contributed by atoms with E-state index < -0.39 is 0 Å². The van der Waals surface area contributed by atoms with Gasteiger partial charge >= 0.3 is 5.97 Å². The fourth-order valence-corrected chi connectivity index (χ4v) is 4.63. The first-order chi connectivity index (χ1) is 12.5. The van der Waals surface area contributed by atoms with Crippen molar-refractivity contribution in [3.8, 4) is 0 Å². The molecule has 1 aliphatic rings. The molecule has 0 unspecified atom stereocenters. The van der Waals surface area contributed by atoms with E-state index in [0.717, 1.165) is 42.5 Å². The number of benzene rings is 1. The number of hydrogen-bond donors (Lipinski definition) is 1. The summed E-state index contributed by atoms with van der Waals surface area (Å²) >= 11 is 13.4. The van der Waals surface area contributed by atoms with Crippen LogP contribution in [0.2, 0.25) is 10.0 Å². The Balaban J connectivity index is 1.94. The predicted molar refractivity (Wildman–Crippen MR) is 106 cm³/mol. The number of carbonyl (C=O) groups excluding carboxylic acids is 2. The predicted octanol–water partition coefficient (Wildman–Crippen LogP) is 5.75. The first-order valence-corrected chi connectivity index (χ1v) is 10.2. The molecule has 0 bridgehead atoms. The summed E-state index contributed by atoms with van der Waals surface area (Å²) in [5, 5.41) is 4.11. The van der Waals surface area contributed by atoms with Gasteiger partial charge in [0.2, 0.25) is 0 Å². The number of hydrogen-bond acceptors (Lipinski definition) is 4. The first-order valence-electron chi connectivity index (χ1n) is 8.59. The van der Waals surface area contributed by atoms with Crippen LogP contribution in [-0.2, 0) is 17.6 Å². The standard InChI is InChI=1S/C19H19Cl2NO3S/c1-2-25-19(24)16-12-6-4-3-5-7-15(12)26-18(16)22-17(23)11-8-9-13(20)14(21)10-11/h8-10H,2-7H2,1H3,(H,22,23). The minimum absolute atomic E-state index is 0.295. The van der Waals surface area contributed by atoms with Crippen molar-refractivity contribution in [1.82, 2.24) is 0 Å². The summed E-state index contributed by atoms with van der Waals surface area (Å²) in [6.07, 6.45) is 5.04. The molecule has 1 aromatic carbocycles. The van der Waals surface area contributed by atoms with Gasteiger partial charge in [0, 0.05) is 10.4 Å². The second kappa shape index (κ2) is 8.42. The third kappa shape index (κ3) is 4.05. The Labute approximate surface area is 166 Å². The molecular weight excluding hydrogens is 393 g/mol. The van der Waals surface area contributed by atoms with Crippen LogP contribution in [0.15, 0.2) is 18.2 Å². The number of fused-ring (bicyclic) bond motifs is 1. The second-order valence-electron chi connectivity index (χ2n) is 6.07. The first kappa shape index (κ1) is 19.2. The number of esters is 1. The minimum atomic E-state index is -0.378. The summed E-state index contributed by atoms with van der Waals surface area (Å²) in [5.41, 5.74) is 1.91. The van der Waals surface area contributed by atoms with E-state index >= 15 is 0 Å². The van der Waals surface area contributed by atoms with Gasteiger partial charge in [-0.15, -0.1) is 11.3 Å². The number of thiophene rings is 1. The van der Waals surface area contributed by atoms with E-state index in [-0.39, 0.29) is 11.9 Å². The molecule has 138 valence electrons. The normalized spacial score (nSPS) is 13.7. The Morgan fingerprint density at radius 2 is 1.92 bits per heavy atom. The lowest BCUT2D eigenvalue weighted by atomic mass is 10.1. The van der Waals surface area contributed by atoms with Gasteiger partial charge in [0.05, 0.1) is 22.2 Å². The van der Waals surface area contributed by atoms with Gasteiger partial charge < -0.3 is 10.1 Å². The van der Waals surface area contributed by atoms with Gasteiger partial charge in [0.25, 0.3) is 5.91 Å². The summed E-state index contributed by atoms with van der Waals surface area (Å²) in [6, 6.07) is 4.70. The molecule has 1 amide bonds. The Morgan fingerprint density at radius 1 is 1.15 bits per heavy atom. The van der Waals surface area contributed by atoms with E-state index in [1.165, 1.54) is 17.4 Å². The highest BCUT2D eigenvalue weighted by Gasteiger charge is 2.26. The van der Waals surface area contributed by atoms with Crippen LogP contribution in [-0.4, -0.2) is 18.5 Å². The maximum absolute atomic E-state index is 12.6. The molecule has 0 fully saturated rings. The van der Waals surface area contributed by atoms with E-state index in [1.54, 1.807) is 19.1 Å². The van der Waals surface area contributed by atoms with Gasteiger partial charge in [-0.1, -0.05) is 29.6 Å². The van der Waals surface area contributed by atoms with Crippen LogP contribution in [0.3, 0.4) is 0 Å². The van der Waals surface area contributed by atoms with Crippen molar-refractivity contribution in [2.75, 3.05) is 11.9 Å². The minimum Gasteiger partial charge on any atom is -0.462 e. The lowest BCUT2D eigenvalue weighted by Crippen LogP contribution is -2.15. The van der Waals surface area contributed by atoms with Gasteiger partial charge in [0.1, 0.15) is 5.00 Å². The number of amides is 1. The van der Waals surface area contributed by atoms with Crippen molar-refractivity contribution < 1.29 is 14.3 Å². The highest BCUT2D eigenvalue weighted by Crippen LogP contribution is 2.38. The summed E-state index contributed by atoms with van der Waals surface area (Å²) in [6.45, 7) is 2.07. The third-order valence-electron chi connectivity index (χ3n) is 4.31. The zero-order valence-electron chi connectivity index (χ0n) is 14.4. The molecule has 2 aromatic rings. The average molecular weight is 412 g/mol. The Morgan fingerprint density at radius 3 is 2.65 bits per heavy atom. The van der Waals surface area contributed by atoms with Crippen molar-refractivity contribution in [2.24, 2.45) is 0 Å². The number of nitrogens with one attached hydrogen (secondary N) is 1. The zero-order chi connectivity index (χ0) is 18.7. The molecule has 1 N–H and O–H groups in total. The number of halogens is 2. The summed E-state index contributed by atoms with van der Waals surface area (Å²) < 4.78 is 5.23. The lowest BCUT2D eigenvalue weighted by Gasteiger charge is -2.09. The fraction of sp³-hybridized carbons (Fsp3) is 0.368. The summed E-state index contributed by atoms with van der Waals surface area (Å²) in [7, 11) is 0. The van der Waals surface area contributed by atoms with Crippen molar-refractivity contribution in [2.45, 2.75) is 39.0 Å². The second-order valence-corrected chi connectivity index (χ2v) is 7.99. The molecule has 0 spiro atoms. The van der Waals surface area contributed by atoms with Crippen LogP contribution in [0, 0.1) is 0 Å². The third-order valence-corrected chi connectivity index (χ3v) is 6.26. The van der Waals surface area contributed by atoms with Crippen LogP contribution in [0.5, 0.6) is 0 Å². The molecule has 7 heteroatoms. The average Bonchev–Trinajstić information content (AvgIpc) is 2.78. The SMILES string of the molecule is CCOC(=O)c1c(NC(=O)c2ccc(Cl)c(Cl)c2)sc2c1CCCCC2. The van der Waals surface area contributed by atoms with E-state index in [0.29, 0.717) is 32.8 Å². The molecular formula is C19H19Cl2NO3S. The molecule has 0 saturated heterocycles. The lowest BCUT2D eigenvalue weighted by molar-refractivity contribution is 0.0527. The van der Waals surface area contributed by atoms with Crippen molar-refractivity contribution in [1.29, 1.82) is 0 Å². The van der Waals surface area contributed by atoms with Gasteiger partial charge in [-0.25, -0.2) is 4.79 Å². The molecule has 0 aliphatic heterocycles. The van der Waals surface area contributed by atoms with Gasteiger partial charge in [-0.2, -0.15) is 0 Å². The van der Waals surface area contributed by atoms with Crippen molar-refractivity contribution >= 4 is 51.4 Å². The molecule has 3 rings (SSSR count). The number of aryl methyl sites for hydroxylation is 1. The fourth-order valence-electron chi connectivity index (χ4n) is 3.06. The number of ether oxygens (including phenoxy) is 1. The molecule has 4 nitrogen and oxygen atoms in total. The van der Waals surface area contributed by atoms with Gasteiger partial charge in [-0.3, -0.25) is 4.79 Å². The largest absolute Gasteiger partial charge is 0.462 e. The topological polar surface area (TPSA) is 55.4 Å². The smallest absolute Gasteiger partial charge is 0.341 e. The molecule has 0 atom stereocenters. The van der Waals surface area contributed by atoms with Crippen LogP contribution in [0.25, 0.3) is 0 Å². The van der Waals surface area contributed by atoms with Crippen LogP contribution in [0.4, 0.5) is 5.00 Å². The summed E-state index contributed by atoms with van der Waals surface area (Å²) in [5.74, 6) is -0.707. The monoisotopic (exact) mass is 411 g/mol. The van der Waals surface area contributed by atoms with Crippen LogP contribution < -0.4 is 5.32 Å². The van der Waals surface area contributed by atoms with E-state index in [9.17, 15) is 9.59 Å². The highest BCUT2D eigenvalue weighted by molar-refractivity contribution is 7.17. The maximum Gasteiger partial charge on any atom is 0.341 e. The molecule has 26 heavy (non-hydrogen) atoms. The number of anilines is 1. The van der Waals surface area contributed by atoms with E-state index in [4.69, 9.17) is 27.9 Å². The molecule has 1 heterocycles. The van der Waals surface area contributed by atoms with Crippen LogP contribution >= 0.6 is 34.5 Å². The Kier molecular flexibility index (Phi) is 6.22. The maximum atomic E-state index is 12.6. The molecule has 1 aliphatic carbocycles. The molecule has 0 radical (unpaired) electrons. The van der Waals surface area contributed by atoms with E-state index in [2.05, 4.69) is 5.32 Å². The summed E-state index contributed by atoms with van der Waals surface area (Å²) in [4.78, 5) is 26.3. The quantitative estimate of drug-likeness (QED) is 0.514. The van der Waals surface area contributed by atoms with E-state index in [1.807, 2.05) is 0 Å².